The Hall–Kier alpha value is -0.960. The van der Waals surface area contributed by atoms with Gasteiger partial charge in [0.1, 0.15) is 0 Å². The van der Waals surface area contributed by atoms with Crippen molar-refractivity contribution in [2.75, 3.05) is 33.4 Å². The van der Waals surface area contributed by atoms with E-state index in [1.807, 2.05) is 6.26 Å². The number of hydrogen-bond acceptors (Lipinski definition) is 7. The summed E-state index contributed by atoms with van der Waals surface area (Å²) in [6.45, 7) is 2.83. The molecule has 0 spiro atoms. The Morgan fingerprint density at radius 3 is 3.00 bits per heavy atom. The van der Waals surface area contributed by atoms with Gasteiger partial charge in [-0.05, 0) is 26.8 Å². The molecule has 2 aromatic rings. The molecule has 1 fully saturated rings. The van der Waals surface area contributed by atoms with Crippen LogP contribution in [0.4, 0.5) is 0 Å². The molecule has 8 heteroatoms. The minimum Gasteiger partial charge on any atom is -0.305 e. The zero-order valence-corrected chi connectivity index (χ0v) is 14.1. The van der Waals surface area contributed by atoms with Crippen LogP contribution in [0.15, 0.2) is 15.2 Å². The van der Waals surface area contributed by atoms with Gasteiger partial charge in [-0.2, -0.15) is 4.52 Å². The van der Waals surface area contributed by atoms with Gasteiger partial charge in [-0.15, -0.1) is 5.10 Å². The van der Waals surface area contributed by atoms with E-state index >= 15 is 0 Å². The monoisotopic (exact) mass is 325 g/mol. The third kappa shape index (κ3) is 3.13. The highest BCUT2D eigenvalue weighted by atomic mass is 32.2. The zero-order valence-electron chi connectivity index (χ0n) is 12.4. The average Bonchev–Trinajstić information content (AvgIpc) is 3.05. The number of nitrogens with zero attached hydrogens (tertiary/aromatic N) is 5. The molecule has 3 heterocycles. The molecular weight excluding hydrogens is 306 g/mol. The Balaban J connectivity index is 1.80. The molecule has 1 aliphatic heterocycles. The summed E-state index contributed by atoms with van der Waals surface area (Å²) in [5, 5.41) is 4.24. The second-order valence-electron chi connectivity index (χ2n) is 5.49. The van der Waals surface area contributed by atoms with Crippen molar-refractivity contribution in [2.24, 2.45) is 0 Å². The highest BCUT2D eigenvalue weighted by Gasteiger charge is 2.24. The van der Waals surface area contributed by atoms with Gasteiger partial charge in [0.2, 0.25) is 4.96 Å². The lowest BCUT2D eigenvalue weighted by Gasteiger charge is -2.20. The number of hydrogen-bond donors (Lipinski definition) is 0. The number of likely N-dealkylation sites (tertiary alicyclic amines) is 1. The quantitative estimate of drug-likeness (QED) is 0.782. The second-order valence-corrected chi connectivity index (χ2v) is 7.50. The Morgan fingerprint density at radius 2 is 2.33 bits per heavy atom. The maximum atomic E-state index is 12.1. The lowest BCUT2D eigenvalue weighted by Crippen LogP contribution is -2.31. The van der Waals surface area contributed by atoms with Crippen molar-refractivity contribution in [1.29, 1.82) is 0 Å². The van der Waals surface area contributed by atoms with Crippen LogP contribution in [0.5, 0.6) is 0 Å². The first-order valence-corrected chi connectivity index (χ1v) is 8.93. The van der Waals surface area contributed by atoms with E-state index in [-0.39, 0.29) is 5.56 Å². The smallest absolute Gasteiger partial charge is 0.275 e. The maximum absolute atomic E-state index is 12.1. The number of thioether (sulfide) groups is 1. The lowest BCUT2D eigenvalue weighted by molar-refractivity contribution is 0.263. The fraction of sp³-hybridized carbons (Fsp3) is 0.615. The van der Waals surface area contributed by atoms with Crippen LogP contribution >= 0.6 is 23.1 Å². The van der Waals surface area contributed by atoms with Crippen LogP contribution in [-0.4, -0.2) is 63.9 Å². The molecule has 0 N–H and O–H groups in total. The van der Waals surface area contributed by atoms with Gasteiger partial charge in [0.15, 0.2) is 4.34 Å². The van der Waals surface area contributed by atoms with E-state index in [1.54, 1.807) is 6.07 Å². The molecule has 1 aliphatic rings. The summed E-state index contributed by atoms with van der Waals surface area (Å²) in [6.07, 6.45) is 3.13. The molecule has 0 radical (unpaired) electrons. The van der Waals surface area contributed by atoms with Crippen LogP contribution in [0.1, 0.15) is 12.1 Å². The molecule has 0 aromatic carbocycles. The fourth-order valence-corrected chi connectivity index (χ4v) is 3.99. The Kier molecular flexibility index (Phi) is 4.30. The van der Waals surface area contributed by atoms with E-state index in [0.717, 1.165) is 29.7 Å². The fourth-order valence-electron chi connectivity index (χ4n) is 2.61. The van der Waals surface area contributed by atoms with Crippen LogP contribution in [-0.2, 0) is 6.54 Å². The largest absolute Gasteiger partial charge is 0.305 e. The van der Waals surface area contributed by atoms with Crippen molar-refractivity contribution in [3.05, 3.63) is 22.1 Å². The van der Waals surface area contributed by atoms with Gasteiger partial charge < -0.3 is 4.90 Å². The first kappa shape index (κ1) is 15.0. The summed E-state index contributed by atoms with van der Waals surface area (Å²) < 4.78 is 2.26. The number of fused-ring (bicyclic) bond motifs is 1. The molecule has 0 bridgehead atoms. The standard InChI is InChI=1S/C13H19N5OS2/c1-16(2)10-4-5-17(8-10)7-9-6-11(19)18-12(14-9)21-13(15-18)20-3/h6,10H,4-5,7-8H2,1-3H3. The third-order valence-corrected chi connectivity index (χ3v) is 5.70. The summed E-state index contributed by atoms with van der Waals surface area (Å²) in [5.41, 5.74) is 0.755. The van der Waals surface area contributed by atoms with Crippen molar-refractivity contribution >= 4 is 28.1 Å². The van der Waals surface area contributed by atoms with Gasteiger partial charge in [-0.25, -0.2) is 4.98 Å². The minimum atomic E-state index is -0.0880. The van der Waals surface area contributed by atoms with Gasteiger partial charge >= 0.3 is 0 Å². The van der Waals surface area contributed by atoms with E-state index < -0.39 is 0 Å². The molecule has 3 rings (SSSR count). The van der Waals surface area contributed by atoms with E-state index in [1.165, 1.54) is 34.0 Å². The maximum Gasteiger partial charge on any atom is 0.275 e. The van der Waals surface area contributed by atoms with Crippen molar-refractivity contribution in [3.8, 4) is 0 Å². The minimum absolute atomic E-state index is 0.0880. The number of aromatic nitrogens is 3. The molecule has 0 amide bonds. The van der Waals surface area contributed by atoms with Gasteiger partial charge in [0.25, 0.3) is 5.56 Å². The first-order valence-electron chi connectivity index (χ1n) is 6.89. The molecule has 114 valence electrons. The lowest BCUT2D eigenvalue weighted by atomic mass is 10.2. The van der Waals surface area contributed by atoms with E-state index in [2.05, 4.69) is 34.0 Å². The van der Waals surface area contributed by atoms with Crippen LogP contribution in [0, 0.1) is 0 Å². The van der Waals surface area contributed by atoms with Crippen molar-refractivity contribution in [3.63, 3.8) is 0 Å². The third-order valence-electron chi connectivity index (χ3n) is 3.82. The van der Waals surface area contributed by atoms with Crippen LogP contribution < -0.4 is 5.56 Å². The first-order chi connectivity index (χ1) is 10.1. The van der Waals surface area contributed by atoms with Crippen LogP contribution in [0.25, 0.3) is 4.96 Å². The molecule has 21 heavy (non-hydrogen) atoms. The Bertz CT molecular complexity index is 695. The summed E-state index contributed by atoms with van der Waals surface area (Å²) >= 11 is 3.00. The number of rotatable bonds is 4. The predicted octanol–water partition coefficient (Wildman–Crippen LogP) is 1.01. The van der Waals surface area contributed by atoms with Crippen molar-refractivity contribution in [1.82, 2.24) is 24.4 Å². The molecule has 0 aliphatic carbocycles. The Labute approximate surface area is 131 Å². The highest BCUT2D eigenvalue weighted by molar-refractivity contribution is 8.00. The summed E-state index contributed by atoms with van der Waals surface area (Å²) in [7, 11) is 4.23. The molecule has 2 aromatic heterocycles. The number of likely N-dealkylation sites (N-methyl/N-ethyl adjacent to an activating group) is 1. The second kappa shape index (κ2) is 6.04. The van der Waals surface area contributed by atoms with Crippen molar-refractivity contribution < 1.29 is 0 Å². The van der Waals surface area contributed by atoms with Gasteiger partial charge in [-0.1, -0.05) is 23.1 Å². The van der Waals surface area contributed by atoms with Gasteiger partial charge in [-0.3, -0.25) is 9.69 Å². The molecule has 1 saturated heterocycles. The molecule has 6 nitrogen and oxygen atoms in total. The summed E-state index contributed by atoms with van der Waals surface area (Å²) in [4.78, 5) is 22.0. The summed E-state index contributed by atoms with van der Waals surface area (Å²) in [5.74, 6) is 0. The average molecular weight is 325 g/mol. The summed E-state index contributed by atoms with van der Waals surface area (Å²) in [6, 6.07) is 2.21. The molecule has 1 unspecified atom stereocenters. The SMILES string of the molecule is CSc1nn2c(=O)cc(CN3CCC(N(C)C)C3)nc2s1. The van der Waals surface area contributed by atoms with Gasteiger partial charge in [0.05, 0.1) is 5.69 Å². The van der Waals surface area contributed by atoms with E-state index in [4.69, 9.17) is 0 Å². The molecule has 1 atom stereocenters. The van der Waals surface area contributed by atoms with Crippen LogP contribution in [0.2, 0.25) is 0 Å². The zero-order chi connectivity index (χ0) is 15.0. The topological polar surface area (TPSA) is 53.7 Å². The van der Waals surface area contributed by atoms with Crippen LogP contribution in [0.3, 0.4) is 0 Å². The Morgan fingerprint density at radius 1 is 1.52 bits per heavy atom. The predicted molar refractivity (Wildman–Crippen MR) is 86.3 cm³/mol. The molecule has 0 saturated carbocycles. The van der Waals surface area contributed by atoms with E-state index in [9.17, 15) is 4.79 Å². The van der Waals surface area contributed by atoms with Gasteiger partial charge in [0, 0.05) is 31.7 Å². The van der Waals surface area contributed by atoms with Crippen molar-refractivity contribution in [2.45, 2.75) is 23.3 Å². The highest BCUT2D eigenvalue weighted by Crippen LogP contribution is 2.21. The normalized spacial score (nSPS) is 19.9. The molecular formula is C13H19N5OS2. The van der Waals surface area contributed by atoms with E-state index in [0.29, 0.717) is 11.0 Å².